The summed E-state index contributed by atoms with van der Waals surface area (Å²) < 4.78 is 5.78. The van der Waals surface area contributed by atoms with Gasteiger partial charge >= 0.3 is 0 Å². The number of rotatable bonds is 6. The molecule has 0 fully saturated rings. The Morgan fingerprint density at radius 1 is 0.517 bits per heavy atom. The molecule has 0 aliphatic carbocycles. The van der Waals surface area contributed by atoms with Gasteiger partial charge in [-0.3, -0.25) is 4.79 Å². The fraction of sp³-hybridized carbons (Fsp3) is 0. The van der Waals surface area contributed by atoms with Crippen molar-refractivity contribution in [2.24, 2.45) is 0 Å². The molecule has 0 saturated heterocycles. The van der Waals surface area contributed by atoms with Crippen molar-refractivity contribution < 1.29 is 9.53 Å². The first-order chi connectivity index (χ1) is 14.3. The minimum Gasteiger partial charge on any atom is -0.457 e. The minimum atomic E-state index is -0.00477. The lowest BCUT2D eigenvalue weighted by Gasteiger charge is -2.07. The first kappa shape index (κ1) is 18.5. The highest BCUT2D eigenvalue weighted by Gasteiger charge is 2.09. The number of ether oxygens (including phenoxy) is 1. The molecular formula is C27H20O2. The zero-order chi connectivity index (χ0) is 19.9. The third kappa shape index (κ3) is 4.88. The average Bonchev–Trinajstić information content (AvgIpc) is 2.79. The molecule has 0 unspecified atom stereocenters. The van der Waals surface area contributed by atoms with Crippen LogP contribution in [0.3, 0.4) is 0 Å². The molecule has 0 heterocycles. The van der Waals surface area contributed by atoms with Gasteiger partial charge in [0, 0.05) is 11.1 Å². The van der Waals surface area contributed by atoms with Gasteiger partial charge in [-0.15, -0.1) is 0 Å². The van der Waals surface area contributed by atoms with Crippen LogP contribution in [-0.2, 0) is 0 Å². The van der Waals surface area contributed by atoms with E-state index in [9.17, 15) is 4.79 Å². The summed E-state index contributed by atoms with van der Waals surface area (Å²) >= 11 is 0. The van der Waals surface area contributed by atoms with E-state index in [1.54, 1.807) is 12.1 Å². The standard InChI is InChI=1S/C27H20O2/c28-27(24-17-19-26(20-18-24)29-25-9-5-2-6-10-25)23-15-13-22(14-16-23)12-11-21-7-3-1-4-8-21/h1-20H/b12-11-. The monoisotopic (exact) mass is 376 g/mol. The number of benzene rings is 4. The van der Waals surface area contributed by atoms with Gasteiger partial charge in [-0.05, 0) is 47.5 Å². The predicted octanol–water partition coefficient (Wildman–Crippen LogP) is 6.88. The summed E-state index contributed by atoms with van der Waals surface area (Å²) in [5.74, 6) is 1.47. The average molecular weight is 376 g/mol. The van der Waals surface area contributed by atoms with Crippen molar-refractivity contribution in [3.63, 3.8) is 0 Å². The van der Waals surface area contributed by atoms with Crippen LogP contribution in [0, 0.1) is 0 Å². The molecule has 0 N–H and O–H groups in total. The second-order valence-corrected chi connectivity index (χ2v) is 6.63. The Labute approximate surface area is 170 Å². The van der Waals surface area contributed by atoms with E-state index in [0.29, 0.717) is 16.9 Å². The molecule has 140 valence electrons. The Kier molecular flexibility index (Phi) is 5.63. The second kappa shape index (κ2) is 8.85. The molecule has 0 aromatic heterocycles. The molecule has 4 rings (SSSR count). The van der Waals surface area contributed by atoms with Gasteiger partial charge in [0.1, 0.15) is 11.5 Å². The van der Waals surface area contributed by atoms with Gasteiger partial charge in [0.05, 0.1) is 0 Å². The van der Waals surface area contributed by atoms with Gasteiger partial charge in [-0.2, -0.15) is 0 Å². The maximum absolute atomic E-state index is 12.7. The molecule has 2 nitrogen and oxygen atoms in total. The van der Waals surface area contributed by atoms with Crippen LogP contribution in [0.4, 0.5) is 0 Å². The van der Waals surface area contributed by atoms with E-state index in [1.807, 2.05) is 91.0 Å². The van der Waals surface area contributed by atoms with Crippen LogP contribution in [0.2, 0.25) is 0 Å². The summed E-state index contributed by atoms with van der Waals surface area (Å²) in [5, 5.41) is 0. The van der Waals surface area contributed by atoms with Crippen LogP contribution < -0.4 is 4.74 Å². The van der Waals surface area contributed by atoms with E-state index in [2.05, 4.69) is 18.2 Å². The first-order valence-corrected chi connectivity index (χ1v) is 9.49. The summed E-state index contributed by atoms with van der Waals surface area (Å²) in [6, 6.07) is 34.6. The lowest BCUT2D eigenvalue weighted by Crippen LogP contribution is -2.00. The van der Waals surface area contributed by atoms with Crippen LogP contribution in [0.1, 0.15) is 27.0 Å². The molecule has 0 amide bonds. The Hall–Kier alpha value is -3.91. The number of hydrogen-bond acceptors (Lipinski definition) is 2. The highest BCUT2D eigenvalue weighted by atomic mass is 16.5. The van der Waals surface area contributed by atoms with Gasteiger partial charge in [0.2, 0.25) is 0 Å². The van der Waals surface area contributed by atoms with E-state index in [1.165, 1.54) is 0 Å². The second-order valence-electron chi connectivity index (χ2n) is 6.63. The van der Waals surface area contributed by atoms with Gasteiger partial charge in [0.25, 0.3) is 0 Å². The van der Waals surface area contributed by atoms with Crippen molar-refractivity contribution in [1.82, 2.24) is 0 Å². The zero-order valence-corrected chi connectivity index (χ0v) is 15.9. The fourth-order valence-electron chi connectivity index (χ4n) is 2.97. The Bertz CT molecular complexity index is 1090. The molecule has 0 aliphatic heterocycles. The Morgan fingerprint density at radius 2 is 0.966 bits per heavy atom. The first-order valence-electron chi connectivity index (χ1n) is 9.49. The molecule has 0 spiro atoms. The summed E-state index contributed by atoms with van der Waals surface area (Å²) in [6.07, 6.45) is 4.10. The quantitative estimate of drug-likeness (QED) is 0.271. The molecule has 0 aliphatic rings. The smallest absolute Gasteiger partial charge is 0.193 e. The van der Waals surface area contributed by atoms with Crippen LogP contribution in [0.25, 0.3) is 12.2 Å². The molecule has 2 heteroatoms. The van der Waals surface area contributed by atoms with Crippen molar-refractivity contribution in [2.75, 3.05) is 0 Å². The van der Waals surface area contributed by atoms with Crippen LogP contribution in [0.5, 0.6) is 11.5 Å². The highest BCUT2D eigenvalue weighted by Crippen LogP contribution is 2.22. The van der Waals surface area contributed by atoms with Gasteiger partial charge in [-0.1, -0.05) is 84.9 Å². The SMILES string of the molecule is O=C(c1ccc(/C=C\c2ccccc2)cc1)c1ccc(Oc2ccccc2)cc1. The van der Waals surface area contributed by atoms with Crippen molar-refractivity contribution in [3.8, 4) is 11.5 Å². The third-order valence-corrected chi connectivity index (χ3v) is 4.54. The number of para-hydroxylation sites is 1. The predicted molar refractivity (Wildman–Crippen MR) is 118 cm³/mol. The summed E-state index contributed by atoms with van der Waals surface area (Å²) in [5.41, 5.74) is 3.50. The van der Waals surface area contributed by atoms with Crippen molar-refractivity contribution in [2.45, 2.75) is 0 Å². The van der Waals surface area contributed by atoms with Crippen LogP contribution in [-0.4, -0.2) is 5.78 Å². The number of carbonyl (C=O) groups excluding carboxylic acids is 1. The van der Waals surface area contributed by atoms with E-state index >= 15 is 0 Å². The number of ketones is 1. The van der Waals surface area contributed by atoms with Crippen molar-refractivity contribution >= 4 is 17.9 Å². The molecule has 0 atom stereocenters. The number of hydrogen-bond donors (Lipinski definition) is 0. The molecule has 0 radical (unpaired) electrons. The molecule has 4 aromatic carbocycles. The van der Waals surface area contributed by atoms with Gasteiger partial charge < -0.3 is 4.74 Å². The van der Waals surface area contributed by atoms with E-state index in [-0.39, 0.29) is 5.78 Å². The van der Waals surface area contributed by atoms with Gasteiger partial charge in [-0.25, -0.2) is 0 Å². The largest absolute Gasteiger partial charge is 0.457 e. The van der Waals surface area contributed by atoms with Crippen LogP contribution in [0.15, 0.2) is 109 Å². The number of carbonyl (C=O) groups is 1. The lowest BCUT2D eigenvalue weighted by molar-refractivity contribution is 0.103. The normalized spacial score (nSPS) is 10.8. The summed E-state index contributed by atoms with van der Waals surface area (Å²) in [4.78, 5) is 12.7. The lowest BCUT2D eigenvalue weighted by atomic mass is 10.0. The molecule has 0 saturated carbocycles. The maximum atomic E-state index is 12.7. The zero-order valence-electron chi connectivity index (χ0n) is 15.9. The van der Waals surface area contributed by atoms with E-state index in [0.717, 1.165) is 16.9 Å². The van der Waals surface area contributed by atoms with E-state index < -0.39 is 0 Å². The van der Waals surface area contributed by atoms with Crippen LogP contribution >= 0.6 is 0 Å². The molecule has 0 bridgehead atoms. The molecule has 29 heavy (non-hydrogen) atoms. The summed E-state index contributed by atoms with van der Waals surface area (Å²) in [6.45, 7) is 0. The van der Waals surface area contributed by atoms with E-state index in [4.69, 9.17) is 4.74 Å². The Balaban J connectivity index is 1.43. The topological polar surface area (TPSA) is 26.3 Å². The van der Waals surface area contributed by atoms with Gasteiger partial charge in [0.15, 0.2) is 5.78 Å². The minimum absolute atomic E-state index is 0.00477. The molecule has 4 aromatic rings. The highest BCUT2D eigenvalue weighted by molar-refractivity contribution is 6.09. The molecular weight excluding hydrogens is 356 g/mol. The fourth-order valence-corrected chi connectivity index (χ4v) is 2.97. The van der Waals surface area contributed by atoms with Crippen molar-refractivity contribution in [1.29, 1.82) is 0 Å². The summed E-state index contributed by atoms with van der Waals surface area (Å²) in [7, 11) is 0. The Morgan fingerprint density at radius 3 is 1.55 bits per heavy atom. The third-order valence-electron chi connectivity index (χ3n) is 4.54. The van der Waals surface area contributed by atoms with Crippen molar-refractivity contribution in [3.05, 3.63) is 131 Å². The maximum Gasteiger partial charge on any atom is 0.193 e.